The van der Waals surface area contributed by atoms with Crippen LogP contribution in [0.15, 0.2) is 73.4 Å². The second kappa shape index (κ2) is 27.9. The summed E-state index contributed by atoms with van der Waals surface area (Å²) in [6.45, 7) is 20.1. The summed E-state index contributed by atoms with van der Waals surface area (Å²) < 4.78 is 22.1. The van der Waals surface area contributed by atoms with Crippen LogP contribution in [0.3, 0.4) is 0 Å². The lowest BCUT2D eigenvalue weighted by Crippen LogP contribution is -2.60. The molecule has 1 aromatic heterocycles. The standard InChI is InChI=1S/C58H83N7O9/c1-42(50-41-46(25-27-59-50)53(67)60-49-23-17-19-44-18-10-11-22-48(44)49)58(6,43(2)64-28-13-9-14-29-64)61-54(68)45-20-16-21-47(40-45)55(69)62(7)31-32-65-30-15-12-24-51(65)56(70)63(8)33-35-72-37-39-73-38-36-71-34-26-52(66)74-57(3,4)5/h10-11,16,18,20-22,25,27,40-41,43,49,51H,1,9,12-15,17,19,23-24,26,28-39H2,2-8H3,(H,60,67)(H,61,68)/t43?,49-,51-,58?/m0/s1. The first kappa shape index (κ1) is 57.8. The first-order chi connectivity index (χ1) is 35.4. The molecule has 2 aromatic carbocycles. The lowest BCUT2D eigenvalue weighted by atomic mass is 9.81. The zero-order chi connectivity index (χ0) is 53.3. The van der Waals surface area contributed by atoms with Crippen LogP contribution in [-0.4, -0.2) is 170 Å². The molecule has 404 valence electrons. The maximum Gasteiger partial charge on any atom is 0.308 e. The number of likely N-dealkylation sites (N-methyl/N-ethyl adjacent to an activating group) is 2. The van der Waals surface area contributed by atoms with Gasteiger partial charge in [-0.2, -0.15) is 0 Å². The summed E-state index contributed by atoms with van der Waals surface area (Å²) in [4.78, 5) is 80.4. The molecule has 1 aliphatic carbocycles. The summed E-state index contributed by atoms with van der Waals surface area (Å²) in [6, 6.07) is 18.0. The van der Waals surface area contributed by atoms with E-state index in [0.29, 0.717) is 80.6 Å². The molecular weight excluding hydrogens is 939 g/mol. The number of piperidine rings is 2. The van der Waals surface area contributed by atoms with E-state index in [1.165, 1.54) is 5.56 Å². The fraction of sp³-hybridized carbons (Fsp3) is 0.586. The smallest absolute Gasteiger partial charge is 0.308 e. The van der Waals surface area contributed by atoms with Gasteiger partial charge in [0.1, 0.15) is 5.60 Å². The van der Waals surface area contributed by atoms with Gasteiger partial charge < -0.3 is 39.4 Å². The summed E-state index contributed by atoms with van der Waals surface area (Å²) in [5.74, 6) is -1.03. The number of carbonyl (C=O) groups is 5. The molecular formula is C58H83N7O9. The predicted octanol–water partition coefficient (Wildman–Crippen LogP) is 7.13. The first-order valence-corrected chi connectivity index (χ1v) is 26.9. The molecule has 4 atom stereocenters. The van der Waals surface area contributed by atoms with Gasteiger partial charge in [0.05, 0.1) is 69.4 Å². The summed E-state index contributed by atoms with van der Waals surface area (Å²) >= 11 is 0. The van der Waals surface area contributed by atoms with Crippen LogP contribution in [-0.2, 0) is 35.0 Å². The van der Waals surface area contributed by atoms with Crippen LogP contribution in [0.2, 0.25) is 0 Å². The number of carbonyl (C=O) groups excluding carboxylic acids is 5. The SMILES string of the molecule is C=C(c1cc(C(=O)N[C@H]2CCCc3ccccc32)ccn1)C(C)(NC(=O)c1cccc(C(=O)N(C)CCN2CCCC[C@H]2C(=O)N(C)CCOCCOCCOCCC(=O)OC(C)(C)C)c1)C(C)N1CCCCC1. The van der Waals surface area contributed by atoms with Crippen LogP contribution in [0.1, 0.15) is 146 Å². The first-order valence-electron chi connectivity index (χ1n) is 26.9. The number of fused-ring (bicyclic) bond motifs is 1. The average molecular weight is 1020 g/mol. The van der Waals surface area contributed by atoms with E-state index in [1.807, 2.05) is 39.8 Å². The van der Waals surface area contributed by atoms with Crippen molar-refractivity contribution in [3.8, 4) is 0 Å². The molecule has 0 bridgehead atoms. The third kappa shape index (κ3) is 16.5. The second-order valence-electron chi connectivity index (χ2n) is 21.2. The molecule has 3 heterocycles. The highest BCUT2D eigenvalue weighted by atomic mass is 16.6. The highest BCUT2D eigenvalue weighted by Crippen LogP contribution is 2.34. The van der Waals surface area contributed by atoms with Crippen molar-refractivity contribution < 1.29 is 42.9 Å². The van der Waals surface area contributed by atoms with E-state index in [2.05, 4.69) is 46.1 Å². The largest absolute Gasteiger partial charge is 0.460 e. The zero-order valence-electron chi connectivity index (χ0n) is 45.3. The number of likely N-dealkylation sites (tertiary alicyclic amines) is 2. The Bertz CT molecular complexity index is 2370. The van der Waals surface area contributed by atoms with Crippen molar-refractivity contribution in [3.05, 3.63) is 107 Å². The van der Waals surface area contributed by atoms with E-state index in [0.717, 1.165) is 83.0 Å². The Morgan fingerprint density at radius 3 is 2.16 bits per heavy atom. The Balaban J connectivity index is 1.00. The Hall–Kier alpha value is -5.52. The number of aryl methyl sites for hydroxylation is 1. The molecule has 3 aromatic rings. The maximum absolute atomic E-state index is 14.5. The molecule has 2 aliphatic heterocycles. The molecule has 16 nitrogen and oxygen atoms in total. The third-order valence-corrected chi connectivity index (χ3v) is 14.7. The summed E-state index contributed by atoms with van der Waals surface area (Å²) in [6.07, 6.45) is 10.6. The van der Waals surface area contributed by atoms with Crippen LogP contribution in [0.25, 0.3) is 5.57 Å². The summed E-state index contributed by atoms with van der Waals surface area (Å²) in [7, 11) is 3.54. The number of esters is 1. The fourth-order valence-corrected chi connectivity index (χ4v) is 10.1. The van der Waals surface area contributed by atoms with E-state index in [4.69, 9.17) is 23.9 Å². The Morgan fingerprint density at radius 2 is 1.42 bits per heavy atom. The third-order valence-electron chi connectivity index (χ3n) is 14.7. The van der Waals surface area contributed by atoms with E-state index >= 15 is 0 Å². The minimum absolute atomic E-state index is 0.0280. The molecule has 0 saturated carbocycles. The zero-order valence-corrected chi connectivity index (χ0v) is 45.3. The van der Waals surface area contributed by atoms with Gasteiger partial charge >= 0.3 is 5.97 Å². The Morgan fingerprint density at radius 1 is 0.743 bits per heavy atom. The maximum atomic E-state index is 14.5. The number of nitrogens with one attached hydrogen (secondary N) is 2. The number of aromatic nitrogens is 1. The molecule has 0 radical (unpaired) electrons. The topological polar surface area (TPSA) is 172 Å². The van der Waals surface area contributed by atoms with Gasteiger partial charge in [-0.25, -0.2) is 0 Å². The molecule has 2 saturated heterocycles. The molecule has 74 heavy (non-hydrogen) atoms. The molecule has 0 spiro atoms. The van der Waals surface area contributed by atoms with Crippen molar-refractivity contribution in [1.82, 2.24) is 35.2 Å². The van der Waals surface area contributed by atoms with Crippen molar-refractivity contribution in [2.75, 3.05) is 93.0 Å². The van der Waals surface area contributed by atoms with E-state index in [1.54, 1.807) is 66.5 Å². The van der Waals surface area contributed by atoms with Crippen molar-refractivity contribution in [3.63, 3.8) is 0 Å². The lowest BCUT2D eigenvalue weighted by molar-refractivity contribution is -0.156. The van der Waals surface area contributed by atoms with Crippen LogP contribution >= 0.6 is 0 Å². The molecule has 4 amide bonds. The van der Waals surface area contributed by atoms with Gasteiger partial charge in [-0.05, 0) is 146 Å². The van der Waals surface area contributed by atoms with Gasteiger partial charge in [0.15, 0.2) is 0 Å². The quantitative estimate of drug-likeness (QED) is 0.0651. The van der Waals surface area contributed by atoms with Gasteiger partial charge in [0.2, 0.25) is 5.91 Å². The minimum Gasteiger partial charge on any atom is -0.460 e. The molecule has 16 heteroatoms. The number of benzene rings is 2. The number of rotatable bonds is 25. The van der Waals surface area contributed by atoms with Gasteiger partial charge in [-0.3, -0.25) is 38.8 Å². The molecule has 6 rings (SSSR count). The van der Waals surface area contributed by atoms with Crippen molar-refractivity contribution in [2.24, 2.45) is 0 Å². The van der Waals surface area contributed by atoms with Crippen molar-refractivity contribution >= 4 is 35.2 Å². The van der Waals surface area contributed by atoms with E-state index < -0.39 is 11.1 Å². The highest BCUT2D eigenvalue weighted by Gasteiger charge is 2.41. The highest BCUT2D eigenvalue weighted by molar-refractivity contribution is 6.01. The molecule has 3 aliphatic rings. The molecule has 2 unspecified atom stereocenters. The minimum atomic E-state index is -1.02. The second-order valence-corrected chi connectivity index (χ2v) is 21.2. The normalized spacial score (nSPS) is 18.5. The van der Waals surface area contributed by atoms with E-state index in [-0.39, 0.29) is 60.8 Å². The van der Waals surface area contributed by atoms with Gasteiger partial charge in [0, 0.05) is 62.7 Å². The van der Waals surface area contributed by atoms with Crippen molar-refractivity contribution in [1.29, 1.82) is 0 Å². The summed E-state index contributed by atoms with van der Waals surface area (Å²) in [5, 5.41) is 6.60. The Kier molecular flexibility index (Phi) is 21.7. The van der Waals surface area contributed by atoms with Gasteiger partial charge in [0.25, 0.3) is 17.7 Å². The fourth-order valence-electron chi connectivity index (χ4n) is 10.1. The predicted molar refractivity (Wildman–Crippen MR) is 287 cm³/mol. The molecule has 2 N–H and O–H groups in total. The van der Waals surface area contributed by atoms with Crippen LogP contribution in [0.5, 0.6) is 0 Å². The monoisotopic (exact) mass is 1020 g/mol. The van der Waals surface area contributed by atoms with Crippen molar-refractivity contribution in [2.45, 2.75) is 128 Å². The number of hydrogen-bond donors (Lipinski definition) is 2. The number of pyridine rings is 1. The van der Waals surface area contributed by atoms with Gasteiger partial charge in [-0.1, -0.05) is 49.8 Å². The number of nitrogens with zero attached hydrogens (tertiary/aromatic N) is 5. The lowest BCUT2D eigenvalue weighted by Gasteiger charge is -2.45. The summed E-state index contributed by atoms with van der Waals surface area (Å²) in [5.41, 5.74) is 3.18. The molecule has 2 fully saturated rings. The number of amides is 4. The Labute approximate surface area is 439 Å². The van der Waals surface area contributed by atoms with Crippen LogP contribution in [0, 0.1) is 0 Å². The average Bonchev–Trinajstić information content (AvgIpc) is 3.40. The van der Waals surface area contributed by atoms with E-state index in [9.17, 15) is 24.0 Å². The van der Waals surface area contributed by atoms with Crippen LogP contribution in [0.4, 0.5) is 0 Å². The van der Waals surface area contributed by atoms with Gasteiger partial charge in [-0.15, -0.1) is 0 Å². The van der Waals surface area contributed by atoms with Crippen LogP contribution < -0.4 is 10.6 Å². The number of hydrogen-bond acceptors (Lipinski definition) is 12. The number of ether oxygens (including phenoxy) is 4.